The van der Waals surface area contributed by atoms with Crippen molar-refractivity contribution in [2.24, 2.45) is 0 Å². The number of ketones is 2. The van der Waals surface area contributed by atoms with Crippen LogP contribution in [0.25, 0.3) is 0 Å². The molecule has 0 aromatic heterocycles. The third-order valence-electron chi connectivity index (χ3n) is 4.78. The number of rotatable bonds is 4. The smallest absolute Gasteiger partial charge is 0.204 e. The van der Waals surface area contributed by atoms with Gasteiger partial charge in [-0.2, -0.15) is 0 Å². The number of carbonyl (C=O) groups is 2. The molecular weight excluding hydrogens is 322 g/mol. The predicted molar refractivity (Wildman–Crippen MR) is 91.8 cm³/mol. The van der Waals surface area contributed by atoms with Gasteiger partial charge in [0.2, 0.25) is 5.88 Å². The van der Waals surface area contributed by atoms with Crippen LogP contribution < -0.4 is 9.47 Å². The van der Waals surface area contributed by atoms with Crippen molar-refractivity contribution in [3.63, 3.8) is 0 Å². The molecule has 0 amide bonds. The van der Waals surface area contributed by atoms with Crippen LogP contribution >= 0.6 is 0 Å². The second kappa shape index (κ2) is 7.17. The van der Waals surface area contributed by atoms with Crippen molar-refractivity contribution in [1.82, 2.24) is 4.90 Å². The normalized spacial score (nSPS) is 20.8. The van der Waals surface area contributed by atoms with Crippen molar-refractivity contribution >= 4 is 11.6 Å². The van der Waals surface area contributed by atoms with E-state index in [0.717, 1.165) is 18.7 Å². The Balaban J connectivity index is 1.87. The molecule has 0 radical (unpaired) electrons. The third kappa shape index (κ3) is 3.21. The quantitative estimate of drug-likeness (QED) is 0.616. The summed E-state index contributed by atoms with van der Waals surface area (Å²) in [7, 11) is 3.14. The van der Waals surface area contributed by atoms with E-state index in [-0.39, 0.29) is 23.1 Å². The van der Waals surface area contributed by atoms with E-state index in [9.17, 15) is 9.59 Å². The summed E-state index contributed by atoms with van der Waals surface area (Å²) in [4.78, 5) is 27.3. The molecule has 0 spiro atoms. The SMILES string of the molecule is CCN1CCOC1=C1C(=O)CC(c2ccc(OC)c(OC)c2)CC1=O. The zero-order valence-electron chi connectivity index (χ0n) is 14.8. The number of nitrogens with zero attached hydrogens (tertiary/aromatic N) is 1. The highest BCUT2D eigenvalue weighted by atomic mass is 16.5. The average molecular weight is 345 g/mol. The average Bonchev–Trinajstić information content (AvgIpc) is 3.08. The summed E-state index contributed by atoms with van der Waals surface area (Å²) in [5.41, 5.74) is 1.14. The largest absolute Gasteiger partial charge is 0.493 e. The van der Waals surface area contributed by atoms with Crippen LogP contribution in [-0.2, 0) is 14.3 Å². The number of benzene rings is 1. The fraction of sp³-hybridized carbons (Fsp3) is 0.474. The molecule has 6 heteroatoms. The Morgan fingerprint density at radius 2 is 1.80 bits per heavy atom. The zero-order chi connectivity index (χ0) is 18.0. The number of hydrogen-bond donors (Lipinski definition) is 0. The van der Waals surface area contributed by atoms with Crippen LogP contribution in [0.5, 0.6) is 11.5 Å². The molecule has 3 rings (SSSR count). The lowest BCUT2D eigenvalue weighted by Crippen LogP contribution is -2.30. The molecule has 1 aliphatic heterocycles. The summed E-state index contributed by atoms with van der Waals surface area (Å²) in [5.74, 6) is 1.24. The van der Waals surface area contributed by atoms with Crippen LogP contribution in [0.4, 0.5) is 0 Å². The van der Waals surface area contributed by atoms with E-state index in [1.165, 1.54) is 0 Å². The Morgan fingerprint density at radius 3 is 2.40 bits per heavy atom. The monoisotopic (exact) mass is 345 g/mol. The molecule has 1 saturated carbocycles. The zero-order valence-corrected chi connectivity index (χ0v) is 14.8. The maximum absolute atomic E-state index is 12.7. The highest BCUT2D eigenvalue weighted by Crippen LogP contribution is 2.37. The molecule has 134 valence electrons. The first kappa shape index (κ1) is 17.3. The van der Waals surface area contributed by atoms with Crippen LogP contribution in [0.15, 0.2) is 29.7 Å². The van der Waals surface area contributed by atoms with Crippen LogP contribution in [0.1, 0.15) is 31.2 Å². The number of likely N-dealkylation sites (N-methyl/N-ethyl adjacent to an activating group) is 1. The van der Waals surface area contributed by atoms with E-state index in [1.54, 1.807) is 20.3 Å². The number of carbonyl (C=O) groups excluding carboxylic acids is 2. The van der Waals surface area contributed by atoms with E-state index in [0.29, 0.717) is 36.8 Å². The van der Waals surface area contributed by atoms with Gasteiger partial charge in [-0.05, 0) is 30.5 Å². The Labute approximate surface area is 147 Å². The minimum absolute atomic E-state index is 0.147. The van der Waals surface area contributed by atoms with Gasteiger partial charge < -0.3 is 19.1 Å². The van der Waals surface area contributed by atoms with Crippen molar-refractivity contribution in [2.75, 3.05) is 33.9 Å². The number of allylic oxidation sites excluding steroid dienone is 1. The van der Waals surface area contributed by atoms with Crippen molar-refractivity contribution in [1.29, 1.82) is 0 Å². The Morgan fingerprint density at radius 1 is 1.12 bits per heavy atom. The van der Waals surface area contributed by atoms with Gasteiger partial charge in [0.15, 0.2) is 23.1 Å². The van der Waals surface area contributed by atoms with Gasteiger partial charge in [0.05, 0.1) is 20.8 Å². The Kier molecular flexibility index (Phi) is 4.97. The van der Waals surface area contributed by atoms with Gasteiger partial charge in [0.1, 0.15) is 12.2 Å². The first-order chi connectivity index (χ1) is 12.1. The molecule has 25 heavy (non-hydrogen) atoms. The number of ether oxygens (including phenoxy) is 3. The fourth-order valence-corrected chi connectivity index (χ4v) is 3.44. The van der Waals surface area contributed by atoms with Gasteiger partial charge in [0.25, 0.3) is 0 Å². The summed E-state index contributed by atoms with van der Waals surface area (Å²) >= 11 is 0. The Hall–Kier alpha value is -2.50. The van der Waals surface area contributed by atoms with Crippen molar-refractivity contribution in [2.45, 2.75) is 25.7 Å². The molecule has 1 heterocycles. The van der Waals surface area contributed by atoms with Gasteiger partial charge in [-0.1, -0.05) is 6.07 Å². The number of Topliss-reactive ketones (excluding diaryl/α,β-unsaturated/α-hetero) is 2. The highest BCUT2D eigenvalue weighted by Gasteiger charge is 2.37. The summed E-state index contributed by atoms with van der Waals surface area (Å²) in [6, 6.07) is 5.53. The predicted octanol–water partition coefficient (Wildman–Crippen LogP) is 2.28. The maximum atomic E-state index is 12.7. The minimum atomic E-state index is -0.152. The summed E-state index contributed by atoms with van der Waals surface area (Å²) in [6.07, 6.45) is 0.585. The van der Waals surface area contributed by atoms with Gasteiger partial charge in [0, 0.05) is 19.4 Å². The highest BCUT2D eigenvalue weighted by molar-refractivity contribution is 6.22. The fourth-order valence-electron chi connectivity index (χ4n) is 3.44. The van der Waals surface area contributed by atoms with E-state index in [4.69, 9.17) is 14.2 Å². The molecule has 1 aliphatic carbocycles. The molecular formula is C19H23NO5. The standard InChI is InChI=1S/C19H23NO5/c1-4-20-7-8-25-19(20)18-14(21)9-13(10-15(18)22)12-5-6-16(23-2)17(11-12)24-3/h5-6,11,13H,4,7-10H2,1-3H3. The summed E-state index contributed by atoms with van der Waals surface area (Å²) in [6.45, 7) is 3.94. The molecule has 2 aliphatic rings. The molecule has 1 aromatic carbocycles. The van der Waals surface area contributed by atoms with Crippen LogP contribution in [-0.4, -0.2) is 50.4 Å². The number of methoxy groups -OCH3 is 2. The lowest BCUT2D eigenvalue weighted by Gasteiger charge is -2.25. The lowest BCUT2D eigenvalue weighted by molar-refractivity contribution is -0.124. The second-order valence-corrected chi connectivity index (χ2v) is 6.17. The minimum Gasteiger partial charge on any atom is -0.493 e. The lowest BCUT2D eigenvalue weighted by atomic mass is 9.80. The first-order valence-electron chi connectivity index (χ1n) is 8.49. The first-order valence-corrected chi connectivity index (χ1v) is 8.49. The molecule has 0 unspecified atom stereocenters. The molecule has 6 nitrogen and oxygen atoms in total. The molecule has 0 N–H and O–H groups in total. The van der Waals surface area contributed by atoms with E-state index < -0.39 is 0 Å². The van der Waals surface area contributed by atoms with Crippen LogP contribution in [0.3, 0.4) is 0 Å². The van der Waals surface area contributed by atoms with Crippen molar-refractivity contribution in [3.8, 4) is 11.5 Å². The van der Waals surface area contributed by atoms with Crippen molar-refractivity contribution < 1.29 is 23.8 Å². The van der Waals surface area contributed by atoms with Gasteiger partial charge in [-0.15, -0.1) is 0 Å². The third-order valence-corrected chi connectivity index (χ3v) is 4.78. The molecule has 0 bridgehead atoms. The molecule has 1 saturated heterocycles. The molecule has 2 fully saturated rings. The van der Waals surface area contributed by atoms with Gasteiger partial charge in [-0.3, -0.25) is 9.59 Å². The van der Waals surface area contributed by atoms with Crippen LogP contribution in [0, 0.1) is 0 Å². The van der Waals surface area contributed by atoms with Gasteiger partial charge in [-0.25, -0.2) is 0 Å². The topological polar surface area (TPSA) is 65.1 Å². The van der Waals surface area contributed by atoms with E-state index in [2.05, 4.69) is 0 Å². The Bertz CT molecular complexity index is 705. The second-order valence-electron chi connectivity index (χ2n) is 6.17. The maximum Gasteiger partial charge on any atom is 0.204 e. The van der Waals surface area contributed by atoms with E-state index >= 15 is 0 Å². The van der Waals surface area contributed by atoms with E-state index in [1.807, 2.05) is 24.0 Å². The summed E-state index contributed by atoms with van der Waals surface area (Å²) in [5, 5.41) is 0. The van der Waals surface area contributed by atoms with Crippen molar-refractivity contribution in [3.05, 3.63) is 35.2 Å². The van der Waals surface area contributed by atoms with Crippen LogP contribution in [0.2, 0.25) is 0 Å². The van der Waals surface area contributed by atoms with Gasteiger partial charge >= 0.3 is 0 Å². The summed E-state index contributed by atoms with van der Waals surface area (Å²) < 4.78 is 16.1. The molecule has 1 aromatic rings. The number of hydrogen-bond acceptors (Lipinski definition) is 6. The molecule has 0 atom stereocenters.